The van der Waals surface area contributed by atoms with E-state index in [1.165, 1.54) is 45.0 Å². The van der Waals surface area contributed by atoms with Crippen LogP contribution >= 0.6 is 25.3 Å². The highest BCUT2D eigenvalue weighted by atomic mass is 32.1. The van der Waals surface area contributed by atoms with Gasteiger partial charge in [0, 0.05) is 30.8 Å². The number of hydrogen-bond donors (Lipinski definition) is 31. The Morgan fingerprint density at radius 1 is 0.326 bits per heavy atom. The fourth-order valence-electron chi connectivity index (χ4n) is 11.5. The standard InChI is InChI=1S/C75H115N23O32S2/c1-30(2)57(73(127)98-58(34(6)99)74(128)96-47(29-132)72(126)92-40(21-49(79)101)65(119)84-32(4)60(114)83-33(5)61(115)86-37(16-18-53(105)106)62(116)82-27-52(104)85-43(24-54(107)108)69(123)94-45(75(129)130)26-56(111)112)97-70(124)44(25-55(109)110)93-68(122)42(23-51(81)103)91-67(121)41(22-50(80)102)90-66(120)39(20-35-12-8-7-9-13-35)89-64(118)38(15-17-48(78)100)88-63(117)36(14-10-11-19-76)87-71(125)46(28-131)95-59(113)31(3)77/h7-9,12-13,30-34,36-47,57-58,99,131-132H,10-11,14-29,76-77H2,1-6H3,(H2,78,100)(H2,79,101)(H2,80,102)(H2,81,103)(H,82,116)(H,83,114)(H,84,119)(H,85,104)(H,86,115)(H,87,125)(H,88,117)(H,89,118)(H,90,120)(H,91,121)(H,92,126)(H,93,122)(H,94,123)(H,95,113)(H,96,128)(H,97,124)(H,98,127)(H,105,106)(H,107,108)(H,109,110)(H,111,112)(H,129,130)/t31-,32-,33-,34+,36-,37-,38-,39-,40-,41-,42-,43-,44-,45-,46-,47-,57-,58-/m0/s1. The highest BCUT2D eigenvalue weighted by Gasteiger charge is 2.41. The van der Waals surface area contributed by atoms with Crippen molar-refractivity contribution in [3.63, 3.8) is 0 Å². The van der Waals surface area contributed by atoms with Crippen LogP contribution < -0.4 is 125 Å². The first kappa shape index (κ1) is 116. The predicted octanol–water partition coefficient (Wildman–Crippen LogP) is -14.2. The molecule has 0 radical (unpaired) electrons. The van der Waals surface area contributed by atoms with Gasteiger partial charge < -0.3 is 155 Å². The molecule has 0 aliphatic heterocycles. The van der Waals surface area contributed by atoms with Crippen molar-refractivity contribution in [1.29, 1.82) is 0 Å². The monoisotopic (exact) mass is 1910 g/mol. The highest BCUT2D eigenvalue weighted by molar-refractivity contribution is 7.80. The van der Waals surface area contributed by atoms with Crippen molar-refractivity contribution in [2.45, 2.75) is 240 Å². The second kappa shape index (κ2) is 58.6. The average molecular weight is 1920 g/mol. The lowest BCUT2D eigenvalue weighted by Crippen LogP contribution is -2.63. The summed E-state index contributed by atoms with van der Waals surface area (Å²) in [7, 11) is 0. The number of hydrogen-bond acceptors (Lipinski definition) is 31. The van der Waals surface area contributed by atoms with Gasteiger partial charge in [0.2, 0.25) is 124 Å². The number of carbonyl (C=O) groups excluding carboxylic acids is 21. The lowest BCUT2D eigenvalue weighted by molar-refractivity contribution is -0.148. The Bertz CT molecular complexity index is 4360. The third-order valence-corrected chi connectivity index (χ3v) is 19.2. The molecule has 1 rings (SSSR count). The molecule has 21 amide bonds. The fraction of sp³-hybridized carbons (Fsp3) is 0.573. The number of primary amides is 4. The molecular formula is C75H115N23O32S2. The summed E-state index contributed by atoms with van der Waals surface area (Å²) in [6.45, 7) is 6.00. The molecule has 0 spiro atoms. The Kier molecular flexibility index (Phi) is 51.5. The molecule has 0 aliphatic rings. The first-order valence-electron chi connectivity index (χ1n) is 40.3. The lowest BCUT2D eigenvalue weighted by Gasteiger charge is -2.29. The van der Waals surface area contributed by atoms with E-state index >= 15 is 0 Å². The quantitative estimate of drug-likeness (QED) is 0.0213. The average Bonchev–Trinajstić information content (AvgIpc) is 0.839. The fourth-order valence-corrected chi connectivity index (χ4v) is 12.0. The molecule has 0 saturated heterocycles. The molecule has 0 aliphatic carbocycles. The zero-order valence-electron chi connectivity index (χ0n) is 72.2. The molecule has 55 nitrogen and oxygen atoms in total. The number of carboxylic acid groups (broad SMARTS) is 5. The normalized spacial score (nSPS) is 15.0. The number of aliphatic hydroxyl groups is 1. The van der Waals surface area contributed by atoms with E-state index < -0.39 is 352 Å². The molecule has 1 aromatic carbocycles. The molecule has 132 heavy (non-hydrogen) atoms. The summed E-state index contributed by atoms with van der Waals surface area (Å²) < 4.78 is 0. The number of carbonyl (C=O) groups is 26. The SMILES string of the molecule is CC(C)[C@H](NC(=O)[C@H](CC(=O)O)NC(=O)[C@H](CC(N)=O)NC(=O)[C@H](CC(N)=O)NC(=O)[C@H](Cc1ccccc1)NC(=O)[C@H](CCC(N)=O)NC(=O)[C@H](CCCCN)NC(=O)[C@H](CS)NC(=O)[C@H](C)N)C(=O)N[C@H](C(=O)N[C@@H](CS)C(=O)N[C@@H](CC(N)=O)C(=O)N[C@@H](C)C(=O)N[C@@H](C)C(=O)N[C@@H](CCC(=O)O)C(=O)NCC(=O)N[C@@H](CC(=O)O)C(=O)N[C@@H](CC(=O)O)C(=O)O)[C@@H](C)O. The van der Waals surface area contributed by atoms with Crippen LogP contribution in [-0.4, -0.2) is 318 Å². The molecule has 35 N–H and O–H groups in total. The Hall–Kier alpha value is -14.0. The first-order valence-corrected chi connectivity index (χ1v) is 41.6. The molecule has 1 aromatic rings. The van der Waals surface area contributed by atoms with Gasteiger partial charge in [-0.2, -0.15) is 25.3 Å². The molecule has 0 saturated carbocycles. The molecule has 0 aromatic heterocycles. The van der Waals surface area contributed by atoms with Crippen molar-refractivity contribution in [2.75, 3.05) is 24.6 Å². The summed E-state index contributed by atoms with van der Waals surface area (Å²) in [5, 5.41) is 94.5. The largest absolute Gasteiger partial charge is 0.481 e. The number of carboxylic acids is 5. The van der Waals surface area contributed by atoms with Crippen molar-refractivity contribution in [1.82, 2.24) is 90.4 Å². The van der Waals surface area contributed by atoms with Gasteiger partial charge in [-0.25, -0.2) is 4.79 Å². The van der Waals surface area contributed by atoms with Crippen LogP contribution in [0.5, 0.6) is 0 Å². The number of thiol groups is 2. The number of rotatable bonds is 63. The van der Waals surface area contributed by atoms with Gasteiger partial charge in [-0.05, 0) is 77.8 Å². The number of benzene rings is 1. The minimum absolute atomic E-state index is 0.0969. The van der Waals surface area contributed by atoms with Crippen LogP contribution in [-0.2, 0) is 131 Å². The van der Waals surface area contributed by atoms with E-state index in [2.05, 4.69) is 94.4 Å². The van der Waals surface area contributed by atoms with Crippen molar-refractivity contribution in [2.24, 2.45) is 40.3 Å². The number of amides is 21. The third-order valence-electron chi connectivity index (χ3n) is 18.5. The lowest BCUT2D eigenvalue weighted by atomic mass is 10.0. The maximum atomic E-state index is 14.5. The third kappa shape index (κ3) is 44.4. The van der Waals surface area contributed by atoms with Crippen molar-refractivity contribution < 1.29 is 155 Å². The van der Waals surface area contributed by atoms with Crippen LogP contribution in [0.2, 0.25) is 0 Å². The van der Waals surface area contributed by atoms with E-state index in [1.54, 1.807) is 11.4 Å². The molecule has 0 fully saturated rings. The summed E-state index contributed by atoms with van der Waals surface area (Å²) in [6, 6.07) is -23.5. The topological polar surface area (TPSA) is 926 Å². The molecule has 57 heteroatoms. The van der Waals surface area contributed by atoms with Crippen LogP contribution in [0, 0.1) is 5.92 Å². The maximum Gasteiger partial charge on any atom is 0.326 e. The second-order valence-corrected chi connectivity index (χ2v) is 30.9. The van der Waals surface area contributed by atoms with E-state index in [9.17, 15) is 150 Å². The van der Waals surface area contributed by atoms with Crippen LogP contribution in [0.15, 0.2) is 30.3 Å². The summed E-state index contributed by atoms with van der Waals surface area (Å²) >= 11 is 8.19. The van der Waals surface area contributed by atoms with E-state index in [1.807, 2.05) is 16.0 Å². The van der Waals surface area contributed by atoms with Crippen molar-refractivity contribution >= 4 is 179 Å². The van der Waals surface area contributed by atoms with Crippen molar-refractivity contribution in [3.05, 3.63) is 35.9 Å². The van der Waals surface area contributed by atoms with Gasteiger partial charge in [-0.1, -0.05) is 44.2 Å². The maximum absolute atomic E-state index is 14.5. The Morgan fingerprint density at radius 2 is 0.652 bits per heavy atom. The van der Waals surface area contributed by atoms with Crippen molar-refractivity contribution in [3.8, 4) is 0 Å². The minimum Gasteiger partial charge on any atom is -0.481 e. The number of nitrogens with one attached hydrogen (secondary N) is 17. The van der Waals surface area contributed by atoms with Crippen LogP contribution in [0.3, 0.4) is 0 Å². The Labute approximate surface area is 762 Å². The molecule has 0 bridgehead atoms. The molecule has 734 valence electrons. The second-order valence-electron chi connectivity index (χ2n) is 30.1. The first-order chi connectivity index (χ1) is 61.6. The molecule has 0 unspecified atom stereocenters. The number of aliphatic hydroxyl groups excluding tert-OH is 1. The van der Waals surface area contributed by atoms with E-state index in [4.69, 9.17) is 39.5 Å². The molecule has 18 atom stereocenters. The summed E-state index contributed by atoms with van der Waals surface area (Å²) in [4.78, 5) is 340. The number of nitrogens with two attached hydrogens (primary N) is 6. The Morgan fingerprint density at radius 3 is 1.06 bits per heavy atom. The minimum atomic E-state index is -2.27. The van der Waals surface area contributed by atoms with Gasteiger partial charge in [0.15, 0.2) is 0 Å². The van der Waals surface area contributed by atoms with E-state index in [-0.39, 0.29) is 25.1 Å². The summed E-state index contributed by atoms with van der Waals surface area (Å²) in [6.07, 6.45) is -11.5. The van der Waals surface area contributed by atoms with Gasteiger partial charge in [0.05, 0.1) is 57.2 Å². The van der Waals surface area contributed by atoms with Gasteiger partial charge >= 0.3 is 29.8 Å². The van der Waals surface area contributed by atoms with Gasteiger partial charge in [0.25, 0.3) is 0 Å². The number of aliphatic carboxylic acids is 5. The smallest absolute Gasteiger partial charge is 0.326 e. The van der Waals surface area contributed by atoms with Crippen LogP contribution in [0.1, 0.15) is 131 Å². The van der Waals surface area contributed by atoms with Crippen LogP contribution in [0.25, 0.3) is 0 Å². The highest BCUT2D eigenvalue weighted by Crippen LogP contribution is 2.14. The molecule has 0 heterocycles. The van der Waals surface area contributed by atoms with E-state index in [0.29, 0.717) is 12.0 Å². The summed E-state index contributed by atoms with van der Waals surface area (Å²) in [5.41, 5.74) is 33.4. The predicted molar refractivity (Wildman–Crippen MR) is 457 cm³/mol. The molecular weight excluding hydrogens is 1800 g/mol. The van der Waals surface area contributed by atoms with Crippen LogP contribution in [0.4, 0.5) is 0 Å². The zero-order chi connectivity index (χ0) is 101. The number of unbranched alkanes of at least 4 members (excludes halogenated alkanes) is 1. The van der Waals surface area contributed by atoms with Gasteiger partial charge in [0.1, 0.15) is 96.7 Å². The summed E-state index contributed by atoms with van der Waals surface area (Å²) in [5.74, 6) is -36.9. The van der Waals surface area contributed by atoms with Gasteiger partial charge in [-0.3, -0.25) is 120 Å². The van der Waals surface area contributed by atoms with Gasteiger partial charge in [-0.15, -0.1) is 0 Å². The van der Waals surface area contributed by atoms with E-state index in [0.717, 1.165) is 20.8 Å². The zero-order valence-corrected chi connectivity index (χ0v) is 74.0. The Balaban J connectivity index is 3.50.